The molecule has 2 rings (SSSR count). The third-order valence-electron chi connectivity index (χ3n) is 4.01. The van der Waals surface area contributed by atoms with E-state index >= 15 is 0 Å². The van der Waals surface area contributed by atoms with Crippen LogP contribution in [0.5, 0.6) is 0 Å². The van der Waals surface area contributed by atoms with Crippen molar-refractivity contribution >= 4 is 11.9 Å². The van der Waals surface area contributed by atoms with Crippen molar-refractivity contribution in [2.75, 3.05) is 6.54 Å². The van der Waals surface area contributed by atoms with Crippen LogP contribution in [0.25, 0.3) is 0 Å². The van der Waals surface area contributed by atoms with Crippen molar-refractivity contribution < 1.29 is 9.59 Å². The Labute approximate surface area is 137 Å². The van der Waals surface area contributed by atoms with Crippen LogP contribution in [-0.2, 0) is 4.79 Å². The predicted octanol–water partition coefficient (Wildman–Crippen LogP) is 2.66. The van der Waals surface area contributed by atoms with Gasteiger partial charge in [0.05, 0.1) is 6.04 Å². The Bertz CT molecular complexity index is 530. The number of allylic oxidation sites excluding steroid dienone is 1. The van der Waals surface area contributed by atoms with E-state index in [1.165, 1.54) is 0 Å². The zero-order valence-electron chi connectivity index (χ0n) is 13.4. The lowest BCUT2D eigenvalue weighted by atomic mass is 10.0. The first-order valence-electron chi connectivity index (χ1n) is 8.21. The highest BCUT2D eigenvalue weighted by Crippen LogP contribution is 2.18. The highest BCUT2D eigenvalue weighted by atomic mass is 16.2. The lowest BCUT2D eigenvalue weighted by Gasteiger charge is -2.21. The summed E-state index contributed by atoms with van der Waals surface area (Å²) >= 11 is 0. The molecular formula is C18H25N3O2. The second-order valence-corrected chi connectivity index (χ2v) is 5.79. The Morgan fingerprint density at radius 3 is 2.87 bits per heavy atom. The summed E-state index contributed by atoms with van der Waals surface area (Å²) in [5.74, 6) is -0.0972. The Balaban J connectivity index is 1.96. The van der Waals surface area contributed by atoms with Crippen LogP contribution in [0.1, 0.15) is 43.7 Å². The van der Waals surface area contributed by atoms with Gasteiger partial charge in [0.15, 0.2) is 0 Å². The minimum Gasteiger partial charge on any atom is -0.354 e. The SMILES string of the molecule is C=CCC[C@@H](NC(=O)N[C@@H]1CCCCNC1=O)c1ccccc1. The lowest BCUT2D eigenvalue weighted by Crippen LogP contribution is -2.49. The molecule has 3 amide bonds. The van der Waals surface area contributed by atoms with Crippen molar-refractivity contribution in [2.45, 2.75) is 44.2 Å². The van der Waals surface area contributed by atoms with Gasteiger partial charge in [0.25, 0.3) is 0 Å². The molecule has 5 heteroatoms. The zero-order valence-corrected chi connectivity index (χ0v) is 13.4. The van der Waals surface area contributed by atoms with Gasteiger partial charge in [0.1, 0.15) is 6.04 Å². The molecule has 23 heavy (non-hydrogen) atoms. The average molecular weight is 315 g/mol. The van der Waals surface area contributed by atoms with Crippen LogP contribution in [0.4, 0.5) is 4.79 Å². The standard InChI is InChI=1S/C18H25N3O2/c1-2-3-11-15(14-9-5-4-6-10-14)20-18(23)21-16-12-7-8-13-19-17(16)22/h2,4-6,9-10,15-16H,1,3,7-8,11-13H2,(H,19,22)(H2,20,21,23)/t15-,16-/m1/s1. The third-order valence-corrected chi connectivity index (χ3v) is 4.01. The Kier molecular flexibility index (Phi) is 6.66. The molecule has 1 fully saturated rings. The number of rotatable bonds is 6. The van der Waals surface area contributed by atoms with E-state index in [1.54, 1.807) is 0 Å². The van der Waals surface area contributed by atoms with Gasteiger partial charge in [-0.15, -0.1) is 6.58 Å². The molecular weight excluding hydrogens is 290 g/mol. The monoisotopic (exact) mass is 315 g/mol. The van der Waals surface area contributed by atoms with Crippen LogP contribution in [0.15, 0.2) is 43.0 Å². The van der Waals surface area contributed by atoms with Gasteiger partial charge in [-0.2, -0.15) is 0 Å². The van der Waals surface area contributed by atoms with Crippen molar-refractivity contribution in [3.8, 4) is 0 Å². The van der Waals surface area contributed by atoms with Gasteiger partial charge in [-0.05, 0) is 37.7 Å². The summed E-state index contributed by atoms with van der Waals surface area (Å²) in [6.45, 7) is 4.42. The maximum Gasteiger partial charge on any atom is 0.315 e. The highest BCUT2D eigenvalue weighted by molar-refractivity contribution is 5.87. The third kappa shape index (κ3) is 5.43. The van der Waals surface area contributed by atoms with E-state index in [0.29, 0.717) is 13.0 Å². The fourth-order valence-electron chi connectivity index (χ4n) is 2.73. The number of carbonyl (C=O) groups excluding carboxylic acids is 2. The molecule has 0 bridgehead atoms. The van der Waals surface area contributed by atoms with Crippen LogP contribution >= 0.6 is 0 Å². The first-order chi connectivity index (χ1) is 11.2. The molecule has 0 saturated carbocycles. The zero-order chi connectivity index (χ0) is 16.5. The van der Waals surface area contributed by atoms with E-state index in [2.05, 4.69) is 22.5 Å². The van der Waals surface area contributed by atoms with Crippen molar-refractivity contribution in [1.29, 1.82) is 0 Å². The van der Waals surface area contributed by atoms with E-state index in [1.807, 2.05) is 36.4 Å². The molecule has 0 unspecified atom stereocenters. The Morgan fingerprint density at radius 2 is 2.13 bits per heavy atom. The van der Waals surface area contributed by atoms with E-state index in [-0.39, 0.29) is 18.0 Å². The molecule has 0 aromatic heterocycles. The summed E-state index contributed by atoms with van der Waals surface area (Å²) in [5, 5.41) is 8.60. The van der Waals surface area contributed by atoms with Gasteiger partial charge in [0, 0.05) is 6.54 Å². The van der Waals surface area contributed by atoms with E-state index in [9.17, 15) is 9.59 Å². The molecule has 1 aromatic carbocycles. The molecule has 5 nitrogen and oxygen atoms in total. The minimum atomic E-state index is -0.451. The molecule has 1 saturated heterocycles. The number of nitrogens with one attached hydrogen (secondary N) is 3. The summed E-state index contributed by atoms with van der Waals surface area (Å²) in [7, 11) is 0. The van der Waals surface area contributed by atoms with Crippen LogP contribution in [0.2, 0.25) is 0 Å². The molecule has 0 spiro atoms. The van der Waals surface area contributed by atoms with Gasteiger partial charge in [-0.3, -0.25) is 4.79 Å². The average Bonchev–Trinajstić information content (AvgIpc) is 2.77. The maximum atomic E-state index is 12.3. The molecule has 2 atom stereocenters. The van der Waals surface area contributed by atoms with Gasteiger partial charge in [-0.1, -0.05) is 36.4 Å². The van der Waals surface area contributed by atoms with Gasteiger partial charge in [-0.25, -0.2) is 4.79 Å². The van der Waals surface area contributed by atoms with Gasteiger partial charge < -0.3 is 16.0 Å². The van der Waals surface area contributed by atoms with Gasteiger partial charge >= 0.3 is 6.03 Å². The van der Waals surface area contributed by atoms with Crippen molar-refractivity contribution in [3.05, 3.63) is 48.6 Å². The molecule has 3 N–H and O–H groups in total. The molecule has 0 aliphatic carbocycles. The van der Waals surface area contributed by atoms with E-state index < -0.39 is 6.04 Å². The van der Waals surface area contributed by atoms with E-state index in [4.69, 9.17) is 0 Å². The smallest absolute Gasteiger partial charge is 0.315 e. The highest BCUT2D eigenvalue weighted by Gasteiger charge is 2.23. The first kappa shape index (κ1) is 17.1. The second-order valence-electron chi connectivity index (χ2n) is 5.79. The summed E-state index contributed by atoms with van der Waals surface area (Å²) in [4.78, 5) is 24.2. The van der Waals surface area contributed by atoms with Crippen molar-refractivity contribution in [2.24, 2.45) is 0 Å². The fraction of sp³-hybridized carbons (Fsp3) is 0.444. The molecule has 0 radical (unpaired) electrons. The Hall–Kier alpha value is -2.30. The summed E-state index contributed by atoms with van der Waals surface area (Å²) in [6.07, 6.45) is 6.00. The normalized spacial score (nSPS) is 19.1. The van der Waals surface area contributed by atoms with Crippen LogP contribution in [-0.4, -0.2) is 24.5 Å². The van der Waals surface area contributed by atoms with E-state index in [0.717, 1.165) is 31.2 Å². The predicted molar refractivity (Wildman–Crippen MR) is 90.9 cm³/mol. The van der Waals surface area contributed by atoms with Crippen molar-refractivity contribution in [1.82, 2.24) is 16.0 Å². The summed E-state index contributed by atoms with van der Waals surface area (Å²) in [6, 6.07) is 8.99. The molecule has 1 aliphatic heterocycles. The second kappa shape index (κ2) is 8.98. The molecule has 1 heterocycles. The number of amides is 3. The first-order valence-corrected chi connectivity index (χ1v) is 8.21. The summed E-state index contributed by atoms with van der Waals surface area (Å²) in [5.41, 5.74) is 1.05. The molecule has 124 valence electrons. The van der Waals surface area contributed by atoms with Crippen LogP contribution in [0, 0.1) is 0 Å². The number of hydrogen-bond acceptors (Lipinski definition) is 2. The topological polar surface area (TPSA) is 70.2 Å². The Morgan fingerprint density at radius 1 is 1.35 bits per heavy atom. The summed E-state index contributed by atoms with van der Waals surface area (Å²) < 4.78 is 0. The number of urea groups is 1. The molecule has 1 aliphatic rings. The number of benzene rings is 1. The lowest BCUT2D eigenvalue weighted by molar-refractivity contribution is -0.122. The number of hydrogen-bond donors (Lipinski definition) is 3. The quantitative estimate of drug-likeness (QED) is 0.706. The van der Waals surface area contributed by atoms with Crippen LogP contribution in [0.3, 0.4) is 0 Å². The van der Waals surface area contributed by atoms with Crippen LogP contribution < -0.4 is 16.0 Å². The fourth-order valence-corrected chi connectivity index (χ4v) is 2.73. The van der Waals surface area contributed by atoms with Gasteiger partial charge in [0.2, 0.25) is 5.91 Å². The minimum absolute atomic E-state index is 0.0944. The molecule has 1 aromatic rings. The number of carbonyl (C=O) groups is 2. The largest absolute Gasteiger partial charge is 0.354 e. The maximum absolute atomic E-state index is 12.3. The van der Waals surface area contributed by atoms with Crippen molar-refractivity contribution in [3.63, 3.8) is 0 Å².